The van der Waals surface area contributed by atoms with Gasteiger partial charge in [0.15, 0.2) is 5.11 Å². The van der Waals surface area contributed by atoms with E-state index >= 15 is 0 Å². The van der Waals surface area contributed by atoms with Crippen molar-refractivity contribution in [1.82, 2.24) is 10.7 Å². The third kappa shape index (κ3) is 4.63. The summed E-state index contributed by atoms with van der Waals surface area (Å²) >= 11 is 5.27. The molecule has 0 heterocycles. The first-order valence-corrected chi connectivity index (χ1v) is 7.31. The van der Waals surface area contributed by atoms with E-state index in [0.29, 0.717) is 17.1 Å². The highest BCUT2D eigenvalue weighted by atomic mass is 32.1. The van der Waals surface area contributed by atoms with Crippen LogP contribution in [-0.4, -0.2) is 17.4 Å². The third-order valence-electron chi connectivity index (χ3n) is 3.61. The molecule has 1 aromatic rings. The van der Waals surface area contributed by atoms with Gasteiger partial charge in [-0.2, -0.15) is 5.10 Å². The van der Waals surface area contributed by atoms with Gasteiger partial charge in [0.2, 0.25) is 0 Å². The van der Waals surface area contributed by atoms with Gasteiger partial charge in [-0.05, 0) is 36.5 Å². The highest BCUT2D eigenvalue weighted by Gasteiger charge is 2.21. The zero-order valence-corrected chi connectivity index (χ0v) is 12.1. The van der Waals surface area contributed by atoms with Crippen molar-refractivity contribution < 1.29 is 0 Å². The van der Waals surface area contributed by atoms with E-state index in [4.69, 9.17) is 12.2 Å². The van der Waals surface area contributed by atoms with E-state index < -0.39 is 0 Å². The topological polar surface area (TPSA) is 36.4 Å². The molecule has 0 aliphatic heterocycles. The van der Waals surface area contributed by atoms with Crippen molar-refractivity contribution in [3.63, 3.8) is 0 Å². The van der Waals surface area contributed by atoms with E-state index in [-0.39, 0.29) is 0 Å². The molecule has 2 atom stereocenters. The van der Waals surface area contributed by atoms with Gasteiger partial charge in [-0.3, -0.25) is 5.43 Å². The number of rotatable bonds is 3. The highest BCUT2D eigenvalue weighted by Crippen LogP contribution is 2.23. The minimum absolute atomic E-state index is 0.487. The van der Waals surface area contributed by atoms with E-state index in [1.807, 2.05) is 30.3 Å². The summed E-state index contributed by atoms with van der Waals surface area (Å²) in [5.74, 6) is 0.687. The van der Waals surface area contributed by atoms with Gasteiger partial charge in [0.05, 0.1) is 6.21 Å². The van der Waals surface area contributed by atoms with Crippen molar-refractivity contribution in [1.29, 1.82) is 0 Å². The molecule has 0 aromatic heterocycles. The maximum atomic E-state index is 5.27. The monoisotopic (exact) mass is 275 g/mol. The van der Waals surface area contributed by atoms with Crippen molar-refractivity contribution in [3.05, 3.63) is 35.9 Å². The molecule has 0 spiro atoms. The fourth-order valence-electron chi connectivity index (χ4n) is 2.44. The number of hydrogen-bond acceptors (Lipinski definition) is 2. The summed E-state index contributed by atoms with van der Waals surface area (Å²) < 4.78 is 0. The Balaban J connectivity index is 1.77. The van der Waals surface area contributed by atoms with Gasteiger partial charge in [0.25, 0.3) is 0 Å². The summed E-state index contributed by atoms with van der Waals surface area (Å²) in [6.45, 7) is 2.28. The lowest BCUT2D eigenvalue weighted by atomic mass is 9.86. The maximum absolute atomic E-state index is 5.27. The molecular formula is C15H21N3S. The van der Waals surface area contributed by atoms with Gasteiger partial charge < -0.3 is 5.32 Å². The van der Waals surface area contributed by atoms with Gasteiger partial charge in [0, 0.05) is 6.04 Å². The van der Waals surface area contributed by atoms with Gasteiger partial charge >= 0.3 is 0 Å². The van der Waals surface area contributed by atoms with Crippen LogP contribution in [0.3, 0.4) is 0 Å². The highest BCUT2D eigenvalue weighted by molar-refractivity contribution is 7.80. The van der Waals surface area contributed by atoms with E-state index in [2.05, 4.69) is 22.8 Å². The first kappa shape index (κ1) is 14.0. The Labute approximate surface area is 120 Å². The van der Waals surface area contributed by atoms with Gasteiger partial charge in [-0.25, -0.2) is 0 Å². The fourth-order valence-corrected chi connectivity index (χ4v) is 2.64. The molecule has 3 nitrogen and oxygen atoms in total. The second kappa shape index (κ2) is 7.24. The first-order chi connectivity index (χ1) is 9.25. The minimum atomic E-state index is 0.487. The first-order valence-electron chi connectivity index (χ1n) is 6.90. The summed E-state index contributed by atoms with van der Waals surface area (Å²) in [7, 11) is 0. The summed E-state index contributed by atoms with van der Waals surface area (Å²) in [5, 5.41) is 8.13. The zero-order valence-electron chi connectivity index (χ0n) is 11.3. The lowest BCUT2D eigenvalue weighted by Crippen LogP contribution is -2.44. The molecule has 0 amide bonds. The van der Waals surface area contributed by atoms with Crippen LogP contribution < -0.4 is 10.7 Å². The Morgan fingerprint density at radius 2 is 2.00 bits per heavy atom. The molecule has 0 saturated heterocycles. The van der Waals surface area contributed by atoms with Crippen LogP contribution in [0.5, 0.6) is 0 Å². The molecular weight excluding hydrogens is 254 g/mol. The zero-order chi connectivity index (χ0) is 13.5. The van der Waals surface area contributed by atoms with Gasteiger partial charge in [0.1, 0.15) is 0 Å². The normalized spacial score (nSPS) is 23.2. The average Bonchev–Trinajstić information content (AvgIpc) is 2.43. The standard InChI is InChI=1S/C15H21N3S/c1-12-7-5-6-10-14(12)17-15(19)18-16-11-13-8-3-2-4-9-13/h2-4,8-9,11-12,14H,5-7,10H2,1H3,(H2,17,18,19)/b16-11-/t12-,14-/m0/s1. The molecule has 0 unspecified atom stereocenters. The third-order valence-corrected chi connectivity index (χ3v) is 3.82. The van der Waals surface area contributed by atoms with Crippen molar-refractivity contribution in [2.24, 2.45) is 11.0 Å². The van der Waals surface area contributed by atoms with Crippen LogP contribution in [0, 0.1) is 5.92 Å². The number of hydrogen-bond donors (Lipinski definition) is 2. The van der Waals surface area contributed by atoms with Crippen molar-refractivity contribution in [3.8, 4) is 0 Å². The van der Waals surface area contributed by atoms with Crippen molar-refractivity contribution in [2.45, 2.75) is 38.6 Å². The quantitative estimate of drug-likeness (QED) is 0.506. The Morgan fingerprint density at radius 3 is 2.74 bits per heavy atom. The minimum Gasteiger partial charge on any atom is -0.358 e. The number of thiocarbonyl (C=S) groups is 1. The number of hydrazone groups is 1. The number of nitrogens with one attached hydrogen (secondary N) is 2. The van der Waals surface area contributed by atoms with E-state index in [9.17, 15) is 0 Å². The van der Waals surface area contributed by atoms with Gasteiger partial charge in [-0.15, -0.1) is 0 Å². The molecule has 1 aliphatic carbocycles. The van der Waals surface area contributed by atoms with Crippen LogP contribution in [0.15, 0.2) is 35.4 Å². The number of benzene rings is 1. The Bertz CT molecular complexity index is 430. The Morgan fingerprint density at radius 1 is 1.26 bits per heavy atom. The van der Waals surface area contributed by atoms with Gasteiger partial charge in [-0.1, -0.05) is 50.1 Å². The predicted molar refractivity (Wildman–Crippen MR) is 84.3 cm³/mol. The Kier molecular flexibility index (Phi) is 5.33. The molecule has 1 aromatic carbocycles. The maximum Gasteiger partial charge on any atom is 0.187 e. The summed E-state index contributed by atoms with van der Waals surface area (Å²) in [4.78, 5) is 0. The molecule has 2 N–H and O–H groups in total. The van der Waals surface area contributed by atoms with E-state index in [1.54, 1.807) is 6.21 Å². The predicted octanol–water partition coefficient (Wildman–Crippen LogP) is 3.06. The van der Waals surface area contributed by atoms with Crippen LogP contribution in [0.2, 0.25) is 0 Å². The van der Waals surface area contributed by atoms with E-state index in [1.165, 1.54) is 25.7 Å². The summed E-state index contributed by atoms with van der Waals surface area (Å²) in [6.07, 6.45) is 6.89. The number of nitrogens with zero attached hydrogens (tertiary/aromatic N) is 1. The molecule has 0 bridgehead atoms. The molecule has 102 valence electrons. The van der Waals surface area contributed by atoms with Crippen LogP contribution in [0.4, 0.5) is 0 Å². The lowest BCUT2D eigenvalue weighted by molar-refractivity contribution is 0.308. The summed E-state index contributed by atoms with van der Waals surface area (Å²) in [5.41, 5.74) is 3.95. The van der Waals surface area contributed by atoms with Crippen LogP contribution in [0.1, 0.15) is 38.2 Å². The Hall–Kier alpha value is -1.42. The molecule has 1 aliphatic rings. The lowest BCUT2D eigenvalue weighted by Gasteiger charge is -2.30. The second-order valence-corrected chi connectivity index (χ2v) is 5.53. The smallest absolute Gasteiger partial charge is 0.187 e. The largest absolute Gasteiger partial charge is 0.358 e. The molecule has 1 saturated carbocycles. The van der Waals surface area contributed by atoms with Crippen molar-refractivity contribution in [2.75, 3.05) is 0 Å². The summed E-state index contributed by atoms with van der Waals surface area (Å²) in [6, 6.07) is 10.5. The van der Waals surface area contributed by atoms with Crippen LogP contribution in [-0.2, 0) is 0 Å². The van der Waals surface area contributed by atoms with Crippen LogP contribution in [0.25, 0.3) is 0 Å². The molecule has 1 fully saturated rings. The second-order valence-electron chi connectivity index (χ2n) is 5.12. The fraction of sp³-hybridized carbons (Fsp3) is 0.467. The van der Waals surface area contributed by atoms with E-state index in [0.717, 1.165) is 5.56 Å². The van der Waals surface area contributed by atoms with Crippen molar-refractivity contribution >= 4 is 23.5 Å². The molecule has 4 heteroatoms. The molecule has 0 radical (unpaired) electrons. The average molecular weight is 275 g/mol. The molecule has 2 rings (SSSR count). The van der Waals surface area contributed by atoms with Crippen LogP contribution >= 0.6 is 12.2 Å². The molecule has 19 heavy (non-hydrogen) atoms. The SMILES string of the molecule is C[C@H]1CCCC[C@@H]1NC(=S)N/N=C\c1ccccc1.